The Bertz CT molecular complexity index is 1270. The van der Waals surface area contributed by atoms with Crippen molar-refractivity contribution in [2.24, 2.45) is 0 Å². The molecule has 0 unspecified atom stereocenters. The van der Waals surface area contributed by atoms with Crippen molar-refractivity contribution in [3.63, 3.8) is 0 Å². The molecule has 0 saturated heterocycles. The molecule has 0 amide bonds. The van der Waals surface area contributed by atoms with Crippen LogP contribution in [-0.4, -0.2) is 31.2 Å². The van der Waals surface area contributed by atoms with Gasteiger partial charge in [0.25, 0.3) is 5.69 Å². The highest BCUT2D eigenvalue weighted by Gasteiger charge is 2.17. The SMILES string of the molecule is COc1cc2nccc(Oc3ccc(N(C)c4ccccc4[N+](=O)[O-])cc3)c2cc1OC. The summed E-state index contributed by atoms with van der Waals surface area (Å²) < 4.78 is 16.8. The molecule has 4 rings (SSSR count). The number of nitro benzene ring substituents is 1. The molecule has 32 heavy (non-hydrogen) atoms. The van der Waals surface area contributed by atoms with E-state index in [1.807, 2.05) is 30.3 Å². The van der Waals surface area contributed by atoms with Gasteiger partial charge in [0.2, 0.25) is 0 Å². The molecule has 0 saturated carbocycles. The Morgan fingerprint density at radius 3 is 2.28 bits per heavy atom. The summed E-state index contributed by atoms with van der Waals surface area (Å²) in [6.45, 7) is 0. The van der Waals surface area contributed by atoms with E-state index in [0.29, 0.717) is 34.2 Å². The molecule has 1 aromatic heterocycles. The molecule has 0 aliphatic heterocycles. The van der Waals surface area contributed by atoms with Gasteiger partial charge in [0.05, 0.1) is 24.7 Å². The van der Waals surface area contributed by atoms with Gasteiger partial charge in [-0.1, -0.05) is 12.1 Å². The van der Waals surface area contributed by atoms with Gasteiger partial charge in [0, 0.05) is 36.5 Å². The fourth-order valence-electron chi connectivity index (χ4n) is 3.44. The van der Waals surface area contributed by atoms with Crippen molar-refractivity contribution in [1.82, 2.24) is 4.98 Å². The highest BCUT2D eigenvalue weighted by molar-refractivity contribution is 5.88. The maximum absolute atomic E-state index is 11.3. The summed E-state index contributed by atoms with van der Waals surface area (Å²) in [4.78, 5) is 17.1. The van der Waals surface area contributed by atoms with Gasteiger partial charge in [-0.05, 0) is 42.5 Å². The minimum Gasteiger partial charge on any atom is -0.493 e. The normalized spacial score (nSPS) is 10.6. The molecule has 0 bridgehead atoms. The number of nitro groups is 1. The summed E-state index contributed by atoms with van der Waals surface area (Å²) in [5.41, 5.74) is 2.06. The molecule has 0 fully saturated rings. The van der Waals surface area contributed by atoms with Gasteiger partial charge in [-0.15, -0.1) is 0 Å². The van der Waals surface area contributed by atoms with Crippen molar-refractivity contribution in [2.45, 2.75) is 0 Å². The maximum atomic E-state index is 11.3. The second-order valence-corrected chi connectivity index (χ2v) is 6.93. The summed E-state index contributed by atoms with van der Waals surface area (Å²) in [5, 5.41) is 12.1. The van der Waals surface area contributed by atoms with Crippen LogP contribution in [0.5, 0.6) is 23.0 Å². The third-order valence-corrected chi connectivity index (χ3v) is 5.10. The second-order valence-electron chi connectivity index (χ2n) is 6.93. The van der Waals surface area contributed by atoms with E-state index in [1.165, 1.54) is 6.07 Å². The van der Waals surface area contributed by atoms with E-state index in [9.17, 15) is 10.1 Å². The van der Waals surface area contributed by atoms with Crippen LogP contribution in [0.3, 0.4) is 0 Å². The fraction of sp³-hybridized carbons (Fsp3) is 0.125. The first-order valence-electron chi connectivity index (χ1n) is 9.77. The van der Waals surface area contributed by atoms with Gasteiger partial charge in [-0.25, -0.2) is 0 Å². The molecule has 8 nitrogen and oxygen atoms in total. The molecule has 0 spiro atoms. The largest absolute Gasteiger partial charge is 0.493 e. The van der Waals surface area contributed by atoms with E-state index in [2.05, 4.69) is 4.98 Å². The van der Waals surface area contributed by atoms with E-state index < -0.39 is 0 Å². The van der Waals surface area contributed by atoms with Crippen molar-refractivity contribution in [2.75, 3.05) is 26.2 Å². The summed E-state index contributed by atoms with van der Waals surface area (Å²) in [7, 11) is 4.94. The Hall–Kier alpha value is -4.33. The predicted octanol–water partition coefficient (Wildman–Crippen LogP) is 5.72. The summed E-state index contributed by atoms with van der Waals surface area (Å²) in [5.74, 6) is 2.41. The number of benzene rings is 3. The lowest BCUT2D eigenvalue weighted by Gasteiger charge is -2.19. The Balaban J connectivity index is 1.62. The molecule has 0 atom stereocenters. The van der Waals surface area contributed by atoms with Gasteiger partial charge in [0.15, 0.2) is 11.5 Å². The third-order valence-electron chi connectivity index (χ3n) is 5.10. The van der Waals surface area contributed by atoms with E-state index in [-0.39, 0.29) is 10.6 Å². The zero-order valence-electron chi connectivity index (χ0n) is 17.8. The number of pyridine rings is 1. The van der Waals surface area contributed by atoms with Gasteiger partial charge in [-0.2, -0.15) is 0 Å². The molecule has 3 aromatic carbocycles. The van der Waals surface area contributed by atoms with E-state index in [0.717, 1.165) is 11.1 Å². The number of fused-ring (bicyclic) bond motifs is 1. The fourth-order valence-corrected chi connectivity index (χ4v) is 3.44. The monoisotopic (exact) mass is 431 g/mol. The maximum Gasteiger partial charge on any atom is 0.292 e. The molecule has 0 aliphatic rings. The van der Waals surface area contributed by atoms with Crippen LogP contribution < -0.4 is 19.1 Å². The number of hydrogen-bond donors (Lipinski definition) is 0. The lowest BCUT2D eigenvalue weighted by atomic mass is 10.1. The highest BCUT2D eigenvalue weighted by Crippen LogP contribution is 2.38. The van der Waals surface area contributed by atoms with Crippen LogP contribution in [0.15, 0.2) is 72.9 Å². The number of anilines is 2. The number of hydrogen-bond acceptors (Lipinski definition) is 7. The number of methoxy groups -OCH3 is 2. The van der Waals surface area contributed by atoms with Gasteiger partial charge in [0.1, 0.15) is 17.2 Å². The lowest BCUT2D eigenvalue weighted by Crippen LogP contribution is -2.11. The Kier molecular flexibility index (Phi) is 5.76. The zero-order chi connectivity index (χ0) is 22.7. The molecule has 162 valence electrons. The average molecular weight is 431 g/mol. The first kappa shape index (κ1) is 20.9. The second kappa shape index (κ2) is 8.81. The lowest BCUT2D eigenvalue weighted by molar-refractivity contribution is -0.384. The van der Waals surface area contributed by atoms with E-state index in [1.54, 1.807) is 62.7 Å². The number of rotatable bonds is 7. The quantitative estimate of drug-likeness (QED) is 0.273. The van der Waals surface area contributed by atoms with Gasteiger partial charge < -0.3 is 19.1 Å². The van der Waals surface area contributed by atoms with Crippen LogP contribution in [0.1, 0.15) is 0 Å². The van der Waals surface area contributed by atoms with Crippen molar-refractivity contribution in [3.05, 3.63) is 83.0 Å². The number of para-hydroxylation sites is 2. The van der Waals surface area contributed by atoms with Gasteiger partial charge in [-0.3, -0.25) is 15.1 Å². The van der Waals surface area contributed by atoms with Crippen LogP contribution in [0, 0.1) is 10.1 Å². The van der Waals surface area contributed by atoms with Crippen LogP contribution in [-0.2, 0) is 0 Å². The third kappa shape index (κ3) is 3.98. The molecule has 0 aliphatic carbocycles. The van der Waals surface area contributed by atoms with Crippen molar-refractivity contribution < 1.29 is 19.1 Å². The van der Waals surface area contributed by atoms with Crippen molar-refractivity contribution in [3.8, 4) is 23.0 Å². The molecule has 1 heterocycles. The van der Waals surface area contributed by atoms with Crippen molar-refractivity contribution >= 4 is 28.0 Å². The summed E-state index contributed by atoms with van der Waals surface area (Å²) >= 11 is 0. The zero-order valence-corrected chi connectivity index (χ0v) is 17.8. The van der Waals surface area contributed by atoms with Crippen LogP contribution in [0.2, 0.25) is 0 Å². The molecule has 4 aromatic rings. The first-order valence-corrected chi connectivity index (χ1v) is 9.77. The topological polar surface area (TPSA) is 87.0 Å². The summed E-state index contributed by atoms with van der Waals surface area (Å²) in [6.07, 6.45) is 1.67. The van der Waals surface area contributed by atoms with Crippen LogP contribution in [0.25, 0.3) is 10.9 Å². The Morgan fingerprint density at radius 1 is 0.906 bits per heavy atom. The van der Waals surface area contributed by atoms with Crippen LogP contribution in [0.4, 0.5) is 17.1 Å². The molecule has 8 heteroatoms. The van der Waals surface area contributed by atoms with E-state index in [4.69, 9.17) is 14.2 Å². The minimum absolute atomic E-state index is 0.0444. The van der Waals surface area contributed by atoms with Gasteiger partial charge >= 0.3 is 0 Å². The standard InChI is InChI=1S/C24H21N3O5/c1-26(20-6-4-5-7-21(20)27(28)29)16-8-10-17(11-9-16)32-22-12-13-25-19-15-24(31-3)23(30-2)14-18(19)22/h4-15H,1-3H3. The minimum atomic E-state index is -0.388. The predicted molar refractivity (Wildman–Crippen MR) is 123 cm³/mol. The summed E-state index contributed by atoms with van der Waals surface area (Å²) in [6, 6.07) is 19.3. The first-order chi connectivity index (χ1) is 15.5. The Labute approximate surface area is 184 Å². The number of ether oxygens (including phenoxy) is 3. The van der Waals surface area contributed by atoms with Crippen LogP contribution >= 0.6 is 0 Å². The smallest absolute Gasteiger partial charge is 0.292 e. The molecule has 0 N–H and O–H groups in total. The van der Waals surface area contributed by atoms with E-state index >= 15 is 0 Å². The Morgan fingerprint density at radius 2 is 1.59 bits per heavy atom. The average Bonchev–Trinajstić information content (AvgIpc) is 2.83. The van der Waals surface area contributed by atoms with Crippen molar-refractivity contribution in [1.29, 1.82) is 0 Å². The highest BCUT2D eigenvalue weighted by atomic mass is 16.6. The number of nitrogens with zero attached hydrogens (tertiary/aromatic N) is 3. The molecular weight excluding hydrogens is 410 g/mol. The molecule has 0 radical (unpaired) electrons. The number of aromatic nitrogens is 1. The molecular formula is C24H21N3O5.